The third-order valence-electron chi connectivity index (χ3n) is 5.01. The second-order valence-electron chi connectivity index (χ2n) is 6.81. The van der Waals surface area contributed by atoms with E-state index in [0.29, 0.717) is 17.2 Å². The van der Waals surface area contributed by atoms with Gasteiger partial charge in [0.15, 0.2) is 11.5 Å². The van der Waals surface area contributed by atoms with Gasteiger partial charge in [-0.1, -0.05) is 23.4 Å². The fraction of sp³-hybridized carbons (Fsp3) is 0.182. The highest BCUT2D eigenvalue weighted by Gasteiger charge is 2.40. The number of ether oxygens (including phenoxy) is 1. The molecule has 1 atom stereocenters. The number of aliphatic imine (C=N–C) groups is 1. The van der Waals surface area contributed by atoms with Crippen molar-refractivity contribution in [3.63, 3.8) is 0 Å². The van der Waals surface area contributed by atoms with Gasteiger partial charge in [-0.3, -0.25) is 9.59 Å². The predicted octanol–water partition coefficient (Wildman–Crippen LogP) is 3.21. The Morgan fingerprint density at radius 3 is 2.50 bits per heavy atom. The summed E-state index contributed by atoms with van der Waals surface area (Å²) < 4.78 is 10.4. The molecule has 3 aromatic rings. The zero-order valence-electron chi connectivity index (χ0n) is 16.8. The van der Waals surface area contributed by atoms with Crippen LogP contribution in [-0.2, 0) is 4.79 Å². The number of benzene rings is 2. The van der Waals surface area contributed by atoms with Gasteiger partial charge in [-0.25, -0.2) is 15.0 Å². The summed E-state index contributed by atoms with van der Waals surface area (Å²) in [4.78, 5) is 29.7. The summed E-state index contributed by atoms with van der Waals surface area (Å²) in [5, 5.41) is 7.07. The van der Waals surface area contributed by atoms with Crippen LogP contribution in [0.4, 0.5) is 5.69 Å². The van der Waals surface area contributed by atoms with Crippen LogP contribution in [0.2, 0.25) is 0 Å². The first kappa shape index (κ1) is 19.5. The van der Waals surface area contributed by atoms with Crippen molar-refractivity contribution in [2.75, 3.05) is 19.2 Å². The number of nitrogens with zero attached hydrogens (tertiary/aromatic N) is 4. The Morgan fingerprint density at radius 1 is 1.13 bits per heavy atom. The van der Waals surface area contributed by atoms with E-state index < -0.39 is 5.91 Å². The first-order valence-corrected chi connectivity index (χ1v) is 9.36. The van der Waals surface area contributed by atoms with E-state index in [0.717, 1.165) is 5.56 Å². The molecule has 2 amide bonds. The van der Waals surface area contributed by atoms with E-state index in [9.17, 15) is 9.59 Å². The van der Waals surface area contributed by atoms with Gasteiger partial charge in [-0.15, -0.1) is 0 Å². The van der Waals surface area contributed by atoms with Crippen molar-refractivity contribution in [2.24, 2.45) is 4.99 Å². The van der Waals surface area contributed by atoms with Crippen LogP contribution in [0.3, 0.4) is 0 Å². The highest BCUT2D eigenvalue weighted by Crippen LogP contribution is 2.26. The van der Waals surface area contributed by atoms with Crippen LogP contribution in [-0.4, -0.2) is 47.9 Å². The summed E-state index contributed by atoms with van der Waals surface area (Å²) in [6.07, 6.45) is 0. The molecule has 1 fully saturated rings. The van der Waals surface area contributed by atoms with Crippen molar-refractivity contribution < 1.29 is 18.8 Å². The molecule has 1 aliphatic rings. The monoisotopic (exact) mass is 404 g/mol. The van der Waals surface area contributed by atoms with E-state index in [2.05, 4.69) is 10.1 Å². The van der Waals surface area contributed by atoms with Crippen molar-refractivity contribution in [2.45, 2.75) is 13.0 Å². The number of aromatic nitrogens is 1. The maximum absolute atomic E-state index is 12.9. The Hall–Kier alpha value is -3.78. The second kappa shape index (κ2) is 7.92. The van der Waals surface area contributed by atoms with Gasteiger partial charge in [0.1, 0.15) is 11.5 Å². The fourth-order valence-corrected chi connectivity index (χ4v) is 3.22. The average Bonchev–Trinajstić information content (AvgIpc) is 3.34. The van der Waals surface area contributed by atoms with Crippen LogP contribution in [0, 0.1) is 0 Å². The Bertz CT molecular complexity index is 1110. The van der Waals surface area contributed by atoms with Crippen molar-refractivity contribution in [3.8, 4) is 17.1 Å². The lowest BCUT2D eigenvalue weighted by Crippen LogP contribution is -2.38. The molecule has 1 saturated heterocycles. The zero-order chi connectivity index (χ0) is 21.3. The number of methoxy groups -OCH3 is 1. The lowest BCUT2D eigenvalue weighted by molar-refractivity contribution is -0.113. The van der Waals surface area contributed by atoms with Crippen LogP contribution in [0.1, 0.15) is 17.4 Å². The number of carbonyl (C=O) groups excluding carboxylic acids is 2. The summed E-state index contributed by atoms with van der Waals surface area (Å²) in [5.41, 5.74) is 1.64. The maximum atomic E-state index is 12.9. The average molecular weight is 404 g/mol. The molecule has 1 unspecified atom stereocenters. The van der Waals surface area contributed by atoms with Crippen molar-refractivity contribution >= 4 is 23.2 Å². The smallest absolute Gasteiger partial charge is 0.299 e. The largest absolute Gasteiger partial charge is 0.497 e. The summed E-state index contributed by atoms with van der Waals surface area (Å²) in [7, 11) is 3.36. The summed E-state index contributed by atoms with van der Waals surface area (Å²) >= 11 is 0. The standard InChI is InChI=1S/C22H20N4O4/c1-14-20(22(28)26(25(14)2)16-7-5-4-6-8-16)23-21(27)18-13-19(30-24-18)15-9-11-17(29-3)12-10-15/h4-14H,1-3H3. The normalized spacial score (nSPS) is 18.2. The Balaban J connectivity index is 1.58. The van der Waals surface area contributed by atoms with Gasteiger partial charge in [0, 0.05) is 18.7 Å². The van der Waals surface area contributed by atoms with Gasteiger partial charge in [-0.2, -0.15) is 0 Å². The third-order valence-corrected chi connectivity index (χ3v) is 5.01. The molecular formula is C22H20N4O4. The minimum Gasteiger partial charge on any atom is -0.497 e. The van der Waals surface area contributed by atoms with Crippen LogP contribution < -0.4 is 9.75 Å². The van der Waals surface area contributed by atoms with E-state index in [-0.39, 0.29) is 23.4 Å². The first-order chi connectivity index (χ1) is 14.5. The van der Waals surface area contributed by atoms with Gasteiger partial charge in [-0.05, 0) is 43.3 Å². The minimum atomic E-state index is -0.628. The maximum Gasteiger partial charge on any atom is 0.299 e. The van der Waals surface area contributed by atoms with E-state index in [1.54, 1.807) is 43.4 Å². The molecule has 0 N–H and O–H groups in total. The number of hydrogen-bond acceptors (Lipinski definition) is 6. The molecule has 0 radical (unpaired) electrons. The minimum absolute atomic E-state index is 0.0362. The van der Waals surface area contributed by atoms with E-state index >= 15 is 0 Å². The Labute approximate surface area is 173 Å². The molecule has 0 bridgehead atoms. The number of anilines is 1. The van der Waals surface area contributed by atoms with Crippen LogP contribution in [0.15, 0.2) is 70.2 Å². The number of hydrogen-bond donors (Lipinski definition) is 0. The lowest BCUT2D eigenvalue weighted by atomic mass is 10.1. The number of carbonyl (C=O) groups is 2. The van der Waals surface area contributed by atoms with E-state index in [1.165, 1.54) is 11.1 Å². The van der Waals surface area contributed by atoms with Crippen molar-refractivity contribution in [1.29, 1.82) is 0 Å². The van der Waals surface area contributed by atoms with E-state index in [4.69, 9.17) is 9.26 Å². The van der Waals surface area contributed by atoms with Crippen LogP contribution in [0.5, 0.6) is 5.75 Å². The van der Waals surface area contributed by atoms with Gasteiger partial charge in [0.25, 0.3) is 11.8 Å². The summed E-state index contributed by atoms with van der Waals surface area (Å²) in [6.45, 7) is 1.82. The second-order valence-corrected chi connectivity index (χ2v) is 6.81. The van der Waals surface area contributed by atoms with Crippen LogP contribution in [0.25, 0.3) is 11.3 Å². The first-order valence-electron chi connectivity index (χ1n) is 9.36. The molecule has 2 heterocycles. The zero-order valence-corrected chi connectivity index (χ0v) is 16.8. The van der Waals surface area contributed by atoms with Gasteiger partial charge < -0.3 is 9.26 Å². The molecular weight excluding hydrogens is 384 g/mol. The molecule has 152 valence electrons. The molecule has 0 aliphatic carbocycles. The molecule has 30 heavy (non-hydrogen) atoms. The molecule has 0 saturated carbocycles. The number of amides is 2. The molecule has 1 aromatic heterocycles. The predicted molar refractivity (Wildman–Crippen MR) is 111 cm³/mol. The van der Waals surface area contributed by atoms with Crippen molar-refractivity contribution in [3.05, 3.63) is 66.4 Å². The lowest BCUT2D eigenvalue weighted by Gasteiger charge is -2.25. The summed E-state index contributed by atoms with van der Waals surface area (Å²) in [5.74, 6) is 0.164. The van der Waals surface area contributed by atoms with Gasteiger partial charge >= 0.3 is 0 Å². The van der Waals surface area contributed by atoms with Crippen LogP contribution >= 0.6 is 0 Å². The molecule has 2 aromatic carbocycles. The SMILES string of the molecule is COc1ccc(-c2cc(C(=O)N=C3C(=O)N(c4ccccc4)N(C)C3C)no2)cc1. The highest BCUT2D eigenvalue weighted by atomic mass is 16.5. The highest BCUT2D eigenvalue weighted by molar-refractivity contribution is 6.48. The quantitative estimate of drug-likeness (QED) is 0.664. The van der Waals surface area contributed by atoms with Crippen molar-refractivity contribution in [1.82, 2.24) is 10.2 Å². The Morgan fingerprint density at radius 2 is 1.83 bits per heavy atom. The van der Waals surface area contributed by atoms with Gasteiger partial charge in [0.2, 0.25) is 0 Å². The van der Waals surface area contributed by atoms with E-state index in [1.807, 2.05) is 37.3 Å². The number of rotatable bonds is 4. The molecule has 0 spiro atoms. The number of para-hydroxylation sites is 1. The molecule has 1 aliphatic heterocycles. The fourth-order valence-electron chi connectivity index (χ4n) is 3.22. The topological polar surface area (TPSA) is 88.2 Å². The number of hydrazine groups is 1. The third kappa shape index (κ3) is 3.48. The van der Waals surface area contributed by atoms with Gasteiger partial charge in [0.05, 0.1) is 18.8 Å². The summed E-state index contributed by atoms with van der Waals surface area (Å²) in [6, 6.07) is 17.5. The Kier molecular flexibility index (Phi) is 5.16. The molecule has 8 heteroatoms. The molecule has 4 rings (SSSR count). The molecule has 8 nitrogen and oxygen atoms in total.